The first-order chi connectivity index (χ1) is 9.61. The van der Waals surface area contributed by atoms with Gasteiger partial charge in [0.15, 0.2) is 18.2 Å². The Balaban J connectivity index is 2.07. The Bertz CT molecular complexity index is 655. The average Bonchev–Trinajstić information content (AvgIpc) is 2.46. The highest BCUT2D eigenvalue weighted by Crippen LogP contribution is 2.20. The van der Waals surface area contributed by atoms with Crippen LogP contribution < -0.4 is 4.74 Å². The second-order valence-electron chi connectivity index (χ2n) is 4.00. The summed E-state index contributed by atoms with van der Waals surface area (Å²) in [5.74, 6) is -0.998. The Kier molecular flexibility index (Phi) is 4.63. The maximum absolute atomic E-state index is 13.6. The van der Waals surface area contributed by atoms with Gasteiger partial charge in [-0.25, -0.2) is 4.39 Å². The summed E-state index contributed by atoms with van der Waals surface area (Å²) in [7, 11) is 0. The number of hydrogen-bond donors (Lipinski definition) is 0. The fourth-order valence-electron chi connectivity index (χ4n) is 1.62. The minimum Gasteiger partial charge on any atom is -0.482 e. The molecule has 20 heavy (non-hydrogen) atoms. The van der Waals surface area contributed by atoms with Crippen LogP contribution in [0.5, 0.6) is 5.75 Å². The zero-order valence-corrected chi connectivity index (χ0v) is 11.9. The summed E-state index contributed by atoms with van der Waals surface area (Å²) in [6, 6.07) is 10.7. The van der Waals surface area contributed by atoms with E-state index in [0.29, 0.717) is 16.3 Å². The van der Waals surface area contributed by atoms with Crippen LogP contribution in [0.3, 0.4) is 0 Å². The molecule has 2 aromatic rings. The molecule has 0 aliphatic carbocycles. The van der Waals surface area contributed by atoms with Gasteiger partial charge in [0.2, 0.25) is 5.78 Å². The van der Waals surface area contributed by atoms with Gasteiger partial charge in [-0.15, -0.1) is 0 Å². The van der Waals surface area contributed by atoms with Crippen LogP contribution in [0.15, 0.2) is 46.9 Å². The Morgan fingerprint density at radius 3 is 2.65 bits per heavy atom. The quantitative estimate of drug-likeness (QED) is 0.618. The zero-order valence-electron chi connectivity index (χ0n) is 10.3. The topological polar surface area (TPSA) is 43.4 Å². The highest BCUT2D eigenvalue weighted by atomic mass is 79.9. The maximum Gasteiger partial charge on any atom is 0.201 e. The molecule has 2 aromatic carbocycles. The molecule has 0 spiro atoms. The normalized spacial score (nSPS) is 10.1. The van der Waals surface area contributed by atoms with Crippen molar-refractivity contribution in [3.05, 3.63) is 63.9 Å². The lowest BCUT2D eigenvalue weighted by atomic mass is 10.1. The lowest BCUT2D eigenvalue weighted by Crippen LogP contribution is -2.12. The number of hydrogen-bond acceptors (Lipinski definition) is 3. The molecule has 0 saturated carbocycles. The van der Waals surface area contributed by atoms with Gasteiger partial charge >= 0.3 is 0 Å². The van der Waals surface area contributed by atoms with Crippen LogP contribution in [0.4, 0.5) is 4.39 Å². The fraction of sp³-hybridized carbons (Fsp3) is 0.0667. The van der Waals surface area contributed by atoms with Crippen molar-refractivity contribution in [2.45, 2.75) is 0 Å². The van der Waals surface area contributed by atoms with Gasteiger partial charge in [-0.1, -0.05) is 34.1 Å². The SMILES string of the molecule is O=Cc1ccc(OCC(=O)c2ccccc2Br)c(F)c1. The molecule has 0 aliphatic heterocycles. The summed E-state index contributed by atoms with van der Waals surface area (Å²) < 4.78 is 19.4. The third-order valence-electron chi connectivity index (χ3n) is 2.63. The number of aldehydes is 1. The molecule has 0 saturated heterocycles. The van der Waals surface area contributed by atoms with Gasteiger partial charge in [0, 0.05) is 15.6 Å². The molecule has 0 atom stereocenters. The van der Waals surface area contributed by atoms with E-state index in [9.17, 15) is 14.0 Å². The van der Waals surface area contributed by atoms with E-state index in [4.69, 9.17) is 4.74 Å². The van der Waals surface area contributed by atoms with E-state index in [1.54, 1.807) is 24.3 Å². The van der Waals surface area contributed by atoms with Crippen LogP contribution in [0.2, 0.25) is 0 Å². The van der Waals surface area contributed by atoms with E-state index in [0.717, 1.165) is 6.07 Å². The van der Waals surface area contributed by atoms with E-state index in [1.165, 1.54) is 12.1 Å². The second-order valence-corrected chi connectivity index (χ2v) is 4.85. The number of rotatable bonds is 5. The number of Topliss-reactive ketones (excluding diaryl/α,β-unsaturated/α-hetero) is 1. The number of ketones is 1. The summed E-state index contributed by atoms with van der Waals surface area (Å²) >= 11 is 3.27. The second kappa shape index (κ2) is 6.43. The van der Waals surface area contributed by atoms with E-state index in [1.807, 2.05) is 0 Å². The predicted molar refractivity (Wildman–Crippen MR) is 75.8 cm³/mol. The maximum atomic E-state index is 13.6. The summed E-state index contributed by atoms with van der Waals surface area (Å²) in [6.45, 7) is -0.278. The minimum absolute atomic E-state index is 0.0593. The van der Waals surface area contributed by atoms with Gasteiger partial charge < -0.3 is 4.74 Å². The predicted octanol–water partition coefficient (Wildman–Crippen LogP) is 3.66. The molecular formula is C15H10BrFO3. The molecule has 0 amide bonds. The van der Waals surface area contributed by atoms with Crippen LogP contribution in [0, 0.1) is 5.82 Å². The Hall–Kier alpha value is -2.01. The van der Waals surface area contributed by atoms with Crippen LogP contribution >= 0.6 is 15.9 Å². The first-order valence-corrected chi connectivity index (χ1v) is 6.56. The number of carbonyl (C=O) groups is 2. The number of benzene rings is 2. The molecule has 5 heteroatoms. The third-order valence-corrected chi connectivity index (χ3v) is 3.32. The smallest absolute Gasteiger partial charge is 0.201 e. The first-order valence-electron chi connectivity index (χ1n) is 5.77. The van der Waals surface area contributed by atoms with Gasteiger partial charge in [0.1, 0.15) is 6.29 Å². The molecule has 0 bridgehead atoms. The number of halogens is 2. The van der Waals surface area contributed by atoms with Crippen LogP contribution in [0.1, 0.15) is 20.7 Å². The van der Waals surface area contributed by atoms with Crippen molar-refractivity contribution in [2.24, 2.45) is 0 Å². The van der Waals surface area contributed by atoms with Crippen molar-refractivity contribution in [1.82, 2.24) is 0 Å². The van der Waals surface area contributed by atoms with Crippen LogP contribution in [-0.4, -0.2) is 18.7 Å². The van der Waals surface area contributed by atoms with Crippen molar-refractivity contribution < 1.29 is 18.7 Å². The van der Waals surface area contributed by atoms with Gasteiger partial charge in [0.25, 0.3) is 0 Å². The minimum atomic E-state index is -0.672. The Labute approximate surface area is 123 Å². The summed E-state index contributed by atoms with van der Waals surface area (Å²) in [5.41, 5.74) is 0.685. The third kappa shape index (κ3) is 3.30. The molecule has 0 fully saturated rings. The van der Waals surface area contributed by atoms with Crippen molar-refractivity contribution in [2.75, 3.05) is 6.61 Å². The van der Waals surface area contributed by atoms with Crippen molar-refractivity contribution in [3.8, 4) is 5.75 Å². The lowest BCUT2D eigenvalue weighted by molar-refractivity contribution is 0.0917. The molecule has 102 valence electrons. The Morgan fingerprint density at radius 1 is 1.25 bits per heavy atom. The zero-order chi connectivity index (χ0) is 14.5. The van der Waals surface area contributed by atoms with E-state index < -0.39 is 5.82 Å². The van der Waals surface area contributed by atoms with Gasteiger partial charge in [-0.3, -0.25) is 9.59 Å². The monoisotopic (exact) mass is 336 g/mol. The molecule has 3 nitrogen and oxygen atoms in total. The standard InChI is InChI=1S/C15H10BrFO3/c16-12-4-2-1-3-11(12)14(19)9-20-15-6-5-10(8-18)7-13(15)17/h1-8H,9H2. The number of carbonyl (C=O) groups excluding carboxylic acids is 2. The summed E-state index contributed by atoms with van der Waals surface area (Å²) in [4.78, 5) is 22.4. The van der Waals surface area contributed by atoms with Gasteiger partial charge in [0.05, 0.1) is 0 Å². The van der Waals surface area contributed by atoms with E-state index in [-0.39, 0.29) is 23.7 Å². The largest absolute Gasteiger partial charge is 0.482 e. The first kappa shape index (κ1) is 14.4. The van der Waals surface area contributed by atoms with Crippen molar-refractivity contribution in [1.29, 1.82) is 0 Å². The molecule has 2 rings (SSSR count). The molecule has 0 aliphatic rings. The Morgan fingerprint density at radius 2 is 2.00 bits per heavy atom. The highest BCUT2D eigenvalue weighted by molar-refractivity contribution is 9.10. The summed E-state index contributed by atoms with van der Waals surface area (Å²) in [6.07, 6.45) is 0.541. The molecule has 0 unspecified atom stereocenters. The molecule has 0 aromatic heterocycles. The van der Waals surface area contributed by atoms with Crippen molar-refractivity contribution >= 4 is 28.0 Å². The molecule has 0 N–H and O–H groups in total. The molecular weight excluding hydrogens is 327 g/mol. The van der Waals surface area contributed by atoms with Crippen LogP contribution in [0.25, 0.3) is 0 Å². The van der Waals surface area contributed by atoms with E-state index in [2.05, 4.69) is 15.9 Å². The van der Waals surface area contributed by atoms with E-state index >= 15 is 0 Å². The molecule has 0 heterocycles. The fourth-order valence-corrected chi connectivity index (χ4v) is 2.12. The average molecular weight is 337 g/mol. The van der Waals surface area contributed by atoms with Crippen molar-refractivity contribution in [3.63, 3.8) is 0 Å². The van der Waals surface area contributed by atoms with Gasteiger partial charge in [-0.05, 0) is 24.3 Å². The highest BCUT2D eigenvalue weighted by Gasteiger charge is 2.12. The summed E-state index contributed by atoms with van der Waals surface area (Å²) in [5, 5.41) is 0. The lowest BCUT2D eigenvalue weighted by Gasteiger charge is -2.07. The molecule has 0 radical (unpaired) electrons. The number of ether oxygens (including phenoxy) is 1. The van der Waals surface area contributed by atoms with Crippen LogP contribution in [-0.2, 0) is 0 Å². The van der Waals surface area contributed by atoms with Gasteiger partial charge in [-0.2, -0.15) is 0 Å².